The van der Waals surface area contributed by atoms with Crippen LogP contribution in [0.25, 0.3) is 6.08 Å². The van der Waals surface area contributed by atoms with Gasteiger partial charge in [0.1, 0.15) is 12.4 Å². The Bertz CT molecular complexity index is 507. The summed E-state index contributed by atoms with van der Waals surface area (Å²) in [7, 11) is 1.60. The molecule has 0 amide bonds. The molecule has 1 aromatic rings. The quantitative estimate of drug-likeness (QED) is 0.842. The van der Waals surface area contributed by atoms with Crippen LogP contribution in [0.5, 0.6) is 5.75 Å². The van der Waals surface area contributed by atoms with Gasteiger partial charge >= 0.3 is 5.97 Å². The van der Waals surface area contributed by atoms with Crippen molar-refractivity contribution in [3.63, 3.8) is 0 Å². The number of benzene rings is 1. The first-order valence-corrected chi connectivity index (χ1v) is 6.20. The number of fused-ring (bicyclic) bond motifs is 1. The average molecular weight is 262 g/mol. The van der Waals surface area contributed by atoms with Crippen LogP contribution in [-0.2, 0) is 14.9 Å². The number of rotatable bonds is 4. The number of esters is 1. The molecular weight excluding hydrogens is 244 g/mol. The normalized spacial score (nSPS) is 20.8. The molecule has 1 atom stereocenters. The van der Waals surface area contributed by atoms with Gasteiger partial charge in [-0.3, -0.25) is 4.79 Å². The monoisotopic (exact) mass is 262 g/mol. The predicted octanol–water partition coefficient (Wildman–Crippen LogP) is 1.91. The van der Waals surface area contributed by atoms with E-state index in [-0.39, 0.29) is 19.2 Å². The number of carbonyl (C=O) groups excluding carboxylic acids is 1. The van der Waals surface area contributed by atoms with E-state index in [1.807, 2.05) is 30.4 Å². The zero-order valence-corrected chi connectivity index (χ0v) is 11.2. The van der Waals surface area contributed by atoms with Gasteiger partial charge in [0.15, 0.2) is 0 Å². The number of hydrogen-bond acceptors (Lipinski definition) is 4. The molecule has 0 saturated carbocycles. The van der Waals surface area contributed by atoms with Crippen molar-refractivity contribution in [2.24, 2.45) is 0 Å². The summed E-state index contributed by atoms with van der Waals surface area (Å²) in [5.74, 6) is 0.390. The van der Waals surface area contributed by atoms with Crippen LogP contribution in [0.15, 0.2) is 24.3 Å². The zero-order chi connectivity index (χ0) is 13.9. The van der Waals surface area contributed by atoms with Crippen molar-refractivity contribution < 1.29 is 19.4 Å². The first-order chi connectivity index (χ1) is 9.11. The van der Waals surface area contributed by atoms with Gasteiger partial charge in [0.25, 0.3) is 0 Å². The van der Waals surface area contributed by atoms with Gasteiger partial charge in [0.2, 0.25) is 0 Å². The van der Waals surface area contributed by atoms with Gasteiger partial charge < -0.3 is 14.6 Å². The standard InChI is InChI=1S/C15H18O4/c1-11(17)19-10-15(9-16)7-3-4-12-5-6-13(18-2)8-14(12)15/h3-6,8,16H,7,9-10H2,1-2H3/t15-/m0/s1. The molecule has 0 aliphatic heterocycles. The number of ether oxygens (including phenoxy) is 2. The Balaban J connectivity index is 2.41. The van der Waals surface area contributed by atoms with Gasteiger partial charge in [-0.05, 0) is 29.7 Å². The number of aliphatic hydroxyl groups excluding tert-OH is 1. The largest absolute Gasteiger partial charge is 0.497 e. The fraction of sp³-hybridized carbons (Fsp3) is 0.400. The van der Waals surface area contributed by atoms with Crippen molar-refractivity contribution in [2.45, 2.75) is 18.8 Å². The van der Waals surface area contributed by atoms with Crippen LogP contribution in [0.1, 0.15) is 24.5 Å². The molecule has 0 spiro atoms. The Labute approximate surface area is 112 Å². The maximum atomic E-state index is 11.0. The van der Waals surface area contributed by atoms with E-state index in [9.17, 15) is 9.90 Å². The molecule has 1 N–H and O–H groups in total. The summed E-state index contributed by atoms with van der Waals surface area (Å²) in [5.41, 5.74) is 1.40. The maximum absolute atomic E-state index is 11.0. The van der Waals surface area contributed by atoms with Crippen molar-refractivity contribution in [1.82, 2.24) is 0 Å². The maximum Gasteiger partial charge on any atom is 0.302 e. The highest BCUT2D eigenvalue weighted by Gasteiger charge is 2.36. The number of hydrogen-bond donors (Lipinski definition) is 1. The Hall–Kier alpha value is -1.81. The number of aliphatic hydroxyl groups is 1. The third kappa shape index (κ3) is 2.63. The Morgan fingerprint density at radius 3 is 2.89 bits per heavy atom. The summed E-state index contributed by atoms with van der Waals surface area (Å²) in [4.78, 5) is 11.0. The lowest BCUT2D eigenvalue weighted by molar-refractivity contribution is -0.143. The van der Waals surface area contributed by atoms with Crippen LogP contribution < -0.4 is 4.74 Å². The van der Waals surface area contributed by atoms with Gasteiger partial charge in [-0.2, -0.15) is 0 Å². The minimum absolute atomic E-state index is 0.0786. The SMILES string of the molecule is COc1ccc2c(c1)[C@@](CO)(COC(C)=O)CC=C2. The number of carbonyl (C=O) groups is 1. The van der Waals surface area contributed by atoms with Gasteiger partial charge in [0, 0.05) is 6.92 Å². The van der Waals surface area contributed by atoms with Gasteiger partial charge in [-0.1, -0.05) is 18.2 Å². The van der Waals surface area contributed by atoms with E-state index in [2.05, 4.69) is 0 Å². The third-order valence-electron chi connectivity index (χ3n) is 3.49. The van der Waals surface area contributed by atoms with E-state index in [4.69, 9.17) is 9.47 Å². The van der Waals surface area contributed by atoms with E-state index in [1.54, 1.807) is 7.11 Å². The highest BCUT2D eigenvalue weighted by molar-refractivity contribution is 5.66. The molecule has 0 unspecified atom stereocenters. The van der Waals surface area contributed by atoms with Crippen LogP contribution in [-0.4, -0.2) is 31.4 Å². The molecule has 0 fully saturated rings. The molecule has 4 heteroatoms. The molecule has 4 nitrogen and oxygen atoms in total. The van der Waals surface area contributed by atoms with Crippen LogP contribution in [0, 0.1) is 0 Å². The molecule has 0 heterocycles. The van der Waals surface area contributed by atoms with Crippen molar-refractivity contribution in [1.29, 1.82) is 0 Å². The van der Waals surface area contributed by atoms with Crippen LogP contribution in [0.2, 0.25) is 0 Å². The zero-order valence-electron chi connectivity index (χ0n) is 11.2. The fourth-order valence-electron chi connectivity index (χ4n) is 2.36. The molecular formula is C15H18O4. The molecule has 0 saturated heterocycles. The predicted molar refractivity (Wildman–Crippen MR) is 72.0 cm³/mol. The summed E-state index contributed by atoms with van der Waals surface area (Å²) in [6, 6.07) is 5.73. The average Bonchev–Trinajstić information content (AvgIpc) is 2.44. The van der Waals surface area contributed by atoms with E-state index in [0.717, 1.165) is 16.9 Å². The lowest BCUT2D eigenvalue weighted by Crippen LogP contribution is -2.38. The van der Waals surface area contributed by atoms with Gasteiger partial charge in [-0.25, -0.2) is 0 Å². The van der Waals surface area contributed by atoms with Crippen molar-refractivity contribution in [3.8, 4) is 5.75 Å². The lowest BCUT2D eigenvalue weighted by Gasteiger charge is -2.34. The first kappa shape index (κ1) is 13.6. The topological polar surface area (TPSA) is 55.8 Å². The van der Waals surface area contributed by atoms with Crippen molar-refractivity contribution >= 4 is 12.0 Å². The summed E-state index contributed by atoms with van der Waals surface area (Å²) in [6.45, 7) is 1.46. The molecule has 1 aliphatic rings. The number of allylic oxidation sites excluding steroid dienone is 1. The van der Waals surface area contributed by atoms with Gasteiger partial charge in [0.05, 0.1) is 19.1 Å². The van der Waals surface area contributed by atoms with Crippen LogP contribution in [0.3, 0.4) is 0 Å². The summed E-state index contributed by atoms with van der Waals surface area (Å²) in [6.07, 6.45) is 4.64. The van der Waals surface area contributed by atoms with E-state index >= 15 is 0 Å². The van der Waals surface area contributed by atoms with E-state index < -0.39 is 5.41 Å². The molecule has 1 aromatic carbocycles. The highest BCUT2D eigenvalue weighted by atomic mass is 16.5. The third-order valence-corrected chi connectivity index (χ3v) is 3.49. The molecule has 19 heavy (non-hydrogen) atoms. The second kappa shape index (κ2) is 5.45. The number of methoxy groups -OCH3 is 1. The molecule has 102 valence electrons. The molecule has 0 bridgehead atoms. The molecule has 1 aliphatic carbocycles. The van der Waals surface area contributed by atoms with Crippen molar-refractivity contribution in [2.75, 3.05) is 20.3 Å². The second-order valence-corrected chi connectivity index (χ2v) is 4.78. The fourth-order valence-corrected chi connectivity index (χ4v) is 2.36. The summed E-state index contributed by atoms with van der Waals surface area (Å²) >= 11 is 0. The van der Waals surface area contributed by atoms with Crippen molar-refractivity contribution in [3.05, 3.63) is 35.4 Å². The molecule has 0 radical (unpaired) electrons. The summed E-state index contributed by atoms with van der Waals surface area (Å²) in [5, 5.41) is 9.80. The highest BCUT2D eigenvalue weighted by Crippen LogP contribution is 2.37. The summed E-state index contributed by atoms with van der Waals surface area (Å²) < 4.78 is 10.4. The minimum atomic E-state index is -0.579. The molecule has 2 rings (SSSR count). The Morgan fingerprint density at radius 1 is 1.47 bits per heavy atom. The van der Waals surface area contributed by atoms with E-state index in [0.29, 0.717) is 6.42 Å². The minimum Gasteiger partial charge on any atom is -0.497 e. The smallest absolute Gasteiger partial charge is 0.302 e. The second-order valence-electron chi connectivity index (χ2n) is 4.78. The Morgan fingerprint density at radius 2 is 2.26 bits per heavy atom. The van der Waals surface area contributed by atoms with Crippen LogP contribution in [0.4, 0.5) is 0 Å². The van der Waals surface area contributed by atoms with Gasteiger partial charge in [-0.15, -0.1) is 0 Å². The Kier molecular flexibility index (Phi) is 3.90. The lowest BCUT2D eigenvalue weighted by atomic mass is 9.73. The first-order valence-electron chi connectivity index (χ1n) is 6.20. The van der Waals surface area contributed by atoms with E-state index in [1.165, 1.54) is 6.92 Å². The van der Waals surface area contributed by atoms with Crippen LogP contribution >= 0.6 is 0 Å². The molecule has 0 aromatic heterocycles.